The summed E-state index contributed by atoms with van der Waals surface area (Å²) in [6.07, 6.45) is 0.531. The van der Waals surface area contributed by atoms with E-state index < -0.39 is 0 Å². The van der Waals surface area contributed by atoms with Gasteiger partial charge in [0.15, 0.2) is 0 Å². The van der Waals surface area contributed by atoms with Crippen molar-refractivity contribution in [3.05, 3.63) is 42.5 Å². The monoisotopic (exact) mass is 243 g/mol. The molecule has 1 N–H and O–H groups in total. The van der Waals surface area contributed by atoms with Gasteiger partial charge in [-0.3, -0.25) is 0 Å². The first kappa shape index (κ1) is 14.3. The highest BCUT2D eigenvalue weighted by atomic mass is 15.1. The standard InChI is InChI=1S/C15H21N3/c1-3-17-12-14(2)13-18(11-7-10-16)15-8-5-4-6-9-15/h4-6,8-9,17H,2-3,7,11-13H2,1H3. The zero-order valence-electron chi connectivity index (χ0n) is 11.0. The summed E-state index contributed by atoms with van der Waals surface area (Å²) in [5.41, 5.74) is 2.28. The fourth-order valence-corrected chi connectivity index (χ4v) is 1.75. The Morgan fingerprint density at radius 2 is 2.11 bits per heavy atom. The van der Waals surface area contributed by atoms with Gasteiger partial charge in [-0.05, 0) is 24.3 Å². The van der Waals surface area contributed by atoms with Crippen LogP contribution < -0.4 is 10.2 Å². The van der Waals surface area contributed by atoms with Crippen LogP contribution in [0.25, 0.3) is 0 Å². The van der Waals surface area contributed by atoms with Crippen molar-refractivity contribution < 1.29 is 0 Å². The Balaban J connectivity index is 2.62. The molecule has 0 unspecified atom stereocenters. The minimum Gasteiger partial charge on any atom is -0.366 e. The molecule has 0 saturated heterocycles. The first-order valence-electron chi connectivity index (χ1n) is 6.32. The Hall–Kier alpha value is -1.79. The van der Waals surface area contributed by atoms with Crippen LogP contribution >= 0.6 is 0 Å². The molecule has 1 rings (SSSR count). The lowest BCUT2D eigenvalue weighted by molar-refractivity contribution is 0.744. The Bertz CT molecular complexity index is 392. The molecule has 0 saturated carbocycles. The van der Waals surface area contributed by atoms with Gasteiger partial charge in [0.2, 0.25) is 0 Å². The van der Waals surface area contributed by atoms with E-state index in [2.05, 4.69) is 41.9 Å². The largest absolute Gasteiger partial charge is 0.366 e. The third kappa shape index (κ3) is 5.03. The topological polar surface area (TPSA) is 39.1 Å². The first-order valence-corrected chi connectivity index (χ1v) is 6.32. The Labute approximate surface area is 110 Å². The number of nitriles is 1. The maximum atomic E-state index is 8.73. The fraction of sp³-hybridized carbons (Fsp3) is 0.400. The van der Waals surface area contributed by atoms with E-state index >= 15 is 0 Å². The van der Waals surface area contributed by atoms with Gasteiger partial charge in [-0.1, -0.05) is 31.7 Å². The summed E-state index contributed by atoms with van der Waals surface area (Å²) >= 11 is 0. The highest BCUT2D eigenvalue weighted by Gasteiger charge is 2.07. The van der Waals surface area contributed by atoms with Gasteiger partial charge < -0.3 is 10.2 Å². The van der Waals surface area contributed by atoms with Crippen LogP contribution in [-0.2, 0) is 0 Å². The number of anilines is 1. The van der Waals surface area contributed by atoms with E-state index in [4.69, 9.17) is 5.26 Å². The molecule has 0 fully saturated rings. The van der Waals surface area contributed by atoms with E-state index in [0.717, 1.165) is 37.4 Å². The summed E-state index contributed by atoms with van der Waals surface area (Å²) in [7, 11) is 0. The van der Waals surface area contributed by atoms with Crippen molar-refractivity contribution >= 4 is 5.69 Å². The maximum absolute atomic E-state index is 8.73. The molecule has 0 heterocycles. The maximum Gasteiger partial charge on any atom is 0.0640 e. The molecule has 0 aliphatic heterocycles. The molecule has 0 amide bonds. The second kappa shape index (κ2) is 8.32. The number of para-hydroxylation sites is 1. The van der Waals surface area contributed by atoms with E-state index in [9.17, 15) is 0 Å². The Kier molecular flexibility index (Phi) is 6.60. The summed E-state index contributed by atoms with van der Waals surface area (Å²) in [4.78, 5) is 2.20. The number of likely N-dealkylation sites (N-methyl/N-ethyl adjacent to an activating group) is 1. The highest BCUT2D eigenvalue weighted by molar-refractivity contribution is 5.47. The second-order valence-electron chi connectivity index (χ2n) is 4.20. The van der Waals surface area contributed by atoms with Crippen molar-refractivity contribution in [2.75, 3.05) is 31.1 Å². The van der Waals surface area contributed by atoms with Crippen molar-refractivity contribution in [3.63, 3.8) is 0 Å². The van der Waals surface area contributed by atoms with Crippen molar-refractivity contribution in [2.45, 2.75) is 13.3 Å². The molecule has 0 spiro atoms. The average molecular weight is 243 g/mol. The molecule has 18 heavy (non-hydrogen) atoms. The van der Waals surface area contributed by atoms with Crippen LogP contribution in [0.3, 0.4) is 0 Å². The van der Waals surface area contributed by atoms with Crippen LogP contribution in [0.15, 0.2) is 42.5 Å². The average Bonchev–Trinajstić information content (AvgIpc) is 2.42. The third-order valence-electron chi connectivity index (χ3n) is 2.65. The van der Waals surface area contributed by atoms with Gasteiger partial charge in [0.05, 0.1) is 12.5 Å². The summed E-state index contributed by atoms with van der Waals surface area (Å²) < 4.78 is 0. The van der Waals surface area contributed by atoms with E-state index in [1.165, 1.54) is 0 Å². The van der Waals surface area contributed by atoms with Crippen LogP contribution in [0.4, 0.5) is 5.69 Å². The molecule has 1 aromatic carbocycles. The normalized spacial score (nSPS) is 9.78. The van der Waals surface area contributed by atoms with Gasteiger partial charge in [-0.2, -0.15) is 5.26 Å². The summed E-state index contributed by atoms with van der Waals surface area (Å²) in [6, 6.07) is 12.4. The van der Waals surface area contributed by atoms with Gasteiger partial charge >= 0.3 is 0 Å². The van der Waals surface area contributed by atoms with Crippen LogP contribution in [0.2, 0.25) is 0 Å². The molecule has 0 aliphatic rings. The molecule has 0 aliphatic carbocycles. The minimum absolute atomic E-state index is 0.531. The molecule has 3 nitrogen and oxygen atoms in total. The van der Waals surface area contributed by atoms with Crippen LogP contribution in [0, 0.1) is 11.3 Å². The Morgan fingerprint density at radius 1 is 1.39 bits per heavy atom. The zero-order valence-corrected chi connectivity index (χ0v) is 11.0. The number of rotatable bonds is 8. The fourth-order valence-electron chi connectivity index (χ4n) is 1.75. The highest BCUT2D eigenvalue weighted by Crippen LogP contribution is 2.14. The summed E-state index contributed by atoms with van der Waals surface area (Å²) in [5, 5.41) is 12.0. The lowest BCUT2D eigenvalue weighted by Gasteiger charge is -2.25. The first-order chi connectivity index (χ1) is 8.77. The third-order valence-corrected chi connectivity index (χ3v) is 2.65. The van der Waals surface area contributed by atoms with Gasteiger partial charge in [-0.15, -0.1) is 0 Å². The molecule has 0 radical (unpaired) electrons. The van der Waals surface area contributed by atoms with Gasteiger partial charge in [0.25, 0.3) is 0 Å². The number of hydrogen-bond acceptors (Lipinski definition) is 3. The number of hydrogen-bond donors (Lipinski definition) is 1. The molecular formula is C15H21N3. The summed E-state index contributed by atoms with van der Waals surface area (Å²) in [5.74, 6) is 0. The van der Waals surface area contributed by atoms with E-state index in [1.54, 1.807) is 0 Å². The number of nitrogens with one attached hydrogen (secondary N) is 1. The minimum atomic E-state index is 0.531. The lowest BCUT2D eigenvalue weighted by atomic mass is 10.2. The SMILES string of the molecule is C=C(CNCC)CN(CCC#N)c1ccccc1. The van der Waals surface area contributed by atoms with Crippen LogP contribution in [0.5, 0.6) is 0 Å². The molecule has 0 aromatic heterocycles. The second-order valence-corrected chi connectivity index (χ2v) is 4.20. The molecule has 3 heteroatoms. The predicted octanol–water partition coefficient (Wildman–Crippen LogP) is 2.57. The van der Waals surface area contributed by atoms with Crippen LogP contribution in [0.1, 0.15) is 13.3 Å². The van der Waals surface area contributed by atoms with Gasteiger partial charge in [0, 0.05) is 25.3 Å². The molecule has 1 aromatic rings. The predicted molar refractivity (Wildman–Crippen MR) is 76.6 cm³/mol. The molecular weight excluding hydrogens is 222 g/mol. The van der Waals surface area contributed by atoms with Crippen molar-refractivity contribution in [1.82, 2.24) is 5.32 Å². The van der Waals surface area contributed by atoms with Crippen molar-refractivity contribution in [3.8, 4) is 6.07 Å². The number of benzene rings is 1. The summed E-state index contributed by atoms with van der Waals surface area (Å²) in [6.45, 7) is 9.46. The molecule has 0 bridgehead atoms. The van der Waals surface area contributed by atoms with Crippen molar-refractivity contribution in [1.29, 1.82) is 5.26 Å². The van der Waals surface area contributed by atoms with Gasteiger partial charge in [0.1, 0.15) is 0 Å². The smallest absolute Gasteiger partial charge is 0.0640 e. The van der Waals surface area contributed by atoms with Gasteiger partial charge in [-0.25, -0.2) is 0 Å². The lowest BCUT2D eigenvalue weighted by Crippen LogP contribution is -2.29. The number of nitrogens with zero attached hydrogens (tertiary/aromatic N) is 2. The van der Waals surface area contributed by atoms with E-state index in [0.29, 0.717) is 6.42 Å². The van der Waals surface area contributed by atoms with E-state index in [-0.39, 0.29) is 0 Å². The van der Waals surface area contributed by atoms with Crippen LogP contribution in [-0.4, -0.2) is 26.2 Å². The Morgan fingerprint density at radius 3 is 2.72 bits per heavy atom. The van der Waals surface area contributed by atoms with Crippen molar-refractivity contribution in [2.24, 2.45) is 0 Å². The van der Waals surface area contributed by atoms with E-state index in [1.807, 2.05) is 18.2 Å². The molecule has 96 valence electrons. The zero-order chi connectivity index (χ0) is 13.2. The quantitative estimate of drug-likeness (QED) is 0.713. The molecule has 0 atom stereocenters.